The third kappa shape index (κ3) is 1.62. The second kappa shape index (κ2) is 4.12. The Morgan fingerprint density at radius 2 is 1.68 bits per heavy atom. The SMILES string of the molecule is COn1c(=O)c2ccccc2c2cc(C)cc(C)c21. The van der Waals surface area contributed by atoms with E-state index < -0.39 is 0 Å². The zero-order chi connectivity index (χ0) is 13.6. The van der Waals surface area contributed by atoms with Gasteiger partial charge in [0.15, 0.2) is 0 Å². The van der Waals surface area contributed by atoms with Crippen LogP contribution in [0.4, 0.5) is 0 Å². The first-order valence-electron chi connectivity index (χ1n) is 6.22. The number of rotatable bonds is 1. The number of benzene rings is 2. The molecule has 0 unspecified atom stereocenters. The van der Waals surface area contributed by atoms with Gasteiger partial charge in [-0.3, -0.25) is 4.79 Å². The van der Waals surface area contributed by atoms with Crippen molar-refractivity contribution in [3.05, 3.63) is 57.9 Å². The summed E-state index contributed by atoms with van der Waals surface area (Å²) in [5.74, 6) is 0. The Kier molecular flexibility index (Phi) is 2.56. The van der Waals surface area contributed by atoms with Crippen LogP contribution in [-0.4, -0.2) is 11.8 Å². The highest BCUT2D eigenvalue weighted by Gasteiger charge is 2.12. The molecule has 0 amide bonds. The predicted octanol–water partition coefficient (Wildman–Crippen LogP) is 2.83. The molecule has 0 saturated carbocycles. The van der Waals surface area contributed by atoms with Crippen molar-refractivity contribution in [1.29, 1.82) is 0 Å². The van der Waals surface area contributed by atoms with E-state index in [4.69, 9.17) is 4.84 Å². The van der Waals surface area contributed by atoms with Crippen molar-refractivity contribution in [3.63, 3.8) is 0 Å². The van der Waals surface area contributed by atoms with Crippen LogP contribution < -0.4 is 10.4 Å². The molecule has 0 aliphatic carbocycles. The van der Waals surface area contributed by atoms with Crippen LogP contribution in [0.1, 0.15) is 11.1 Å². The second-order valence-electron chi connectivity index (χ2n) is 4.81. The Morgan fingerprint density at radius 3 is 2.37 bits per heavy atom. The molecule has 19 heavy (non-hydrogen) atoms. The van der Waals surface area contributed by atoms with Crippen LogP contribution in [0, 0.1) is 13.8 Å². The summed E-state index contributed by atoms with van der Waals surface area (Å²) in [7, 11) is 1.52. The standard InChI is InChI=1S/C16H15NO2/c1-10-8-11(2)15-14(9-10)12-6-4-5-7-13(12)16(18)17(15)19-3/h4-9H,1-3H3. The topological polar surface area (TPSA) is 31.2 Å². The van der Waals surface area contributed by atoms with E-state index in [0.29, 0.717) is 5.39 Å². The van der Waals surface area contributed by atoms with E-state index in [0.717, 1.165) is 21.9 Å². The van der Waals surface area contributed by atoms with Crippen molar-refractivity contribution in [2.75, 3.05) is 7.11 Å². The highest BCUT2D eigenvalue weighted by Crippen LogP contribution is 2.26. The molecule has 0 fully saturated rings. The number of pyridine rings is 1. The summed E-state index contributed by atoms with van der Waals surface area (Å²) in [6, 6.07) is 11.8. The molecule has 1 aromatic heterocycles. The molecule has 0 spiro atoms. The fourth-order valence-corrected chi connectivity index (χ4v) is 2.72. The highest BCUT2D eigenvalue weighted by molar-refractivity contribution is 6.06. The van der Waals surface area contributed by atoms with Crippen LogP contribution in [0.25, 0.3) is 21.7 Å². The largest absolute Gasteiger partial charge is 0.413 e. The molecule has 0 radical (unpaired) electrons. The molecule has 0 aliphatic heterocycles. The first-order chi connectivity index (χ1) is 9.13. The molecule has 0 bridgehead atoms. The van der Waals surface area contributed by atoms with Gasteiger partial charge in [0.05, 0.1) is 10.9 Å². The third-order valence-electron chi connectivity index (χ3n) is 3.46. The number of aromatic nitrogens is 1. The van der Waals surface area contributed by atoms with Gasteiger partial charge < -0.3 is 4.84 Å². The van der Waals surface area contributed by atoms with Crippen molar-refractivity contribution in [3.8, 4) is 0 Å². The molecule has 3 aromatic rings. The predicted molar refractivity (Wildman–Crippen MR) is 77.7 cm³/mol. The first-order valence-corrected chi connectivity index (χ1v) is 6.22. The van der Waals surface area contributed by atoms with E-state index in [-0.39, 0.29) is 5.56 Å². The van der Waals surface area contributed by atoms with E-state index in [1.54, 1.807) is 0 Å². The van der Waals surface area contributed by atoms with Gasteiger partial charge >= 0.3 is 0 Å². The molecule has 3 nitrogen and oxygen atoms in total. The summed E-state index contributed by atoms with van der Waals surface area (Å²) in [5.41, 5.74) is 2.95. The van der Waals surface area contributed by atoms with Crippen molar-refractivity contribution >= 4 is 21.7 Å². The quantitative estimate of drug-likeness (QED) is 0.624. The minimum atomic E-state index is -0.113. The van der Waals surface area contributed by atoms with Gasteiger partial charge in [-0.1, -0.05) is 29.8 Å². The lowest BCUT2D eigenvalue weighted by atomic mass is 10.0. The van der Waals surface area contributed by atoms with E-state index >= 15 is 0 Å². The Labute approximate surface area is 111 Å². The minimum absolute atomic E-state index is 0.113. The second-order valence-corrected chi connectivity index (χ2v) is 4.81. The van der Waals surface area contributed by atoms with Gasteiger partial charge in [-0.15, -0.1) is 4.73 Å². The Hall–Kier alpha value is -2.29. The number of hydrogen-bond acceptors (Lipinski definition) is 2. The van der Waals surface area contributed by atoms with Gasteiger partial charge in [0.1, 0.15) is 7.11 Å². The zero-order valence-corrected chi connectivity index (χ0v) is 11.2. The van der Waals surface area contributed by atoms with Crippen LogP contribution in [0.3, 0.4) is 0 Å². The smallest absolute Gasteiger partial charge is 0.291 e. The van der Waals surface area contributed by atoms with Gasteiger partial charge in [-0.2, -0.15) is 0 Å². The highest BCUT2D eigenvalue weighted by atomic mass is 16.6. The summed E-state index contributed by atoms with van der Waals surface area (Å²) in [4.78, 5) is 17.7. The summed E-state index contributed by atoms with van der Waals surface area (Å²) < 4.78 is 1.38. The molecule has 0 N–H and O–H groups in total. The molecule has 1 heterocycles. The maximum atomic E-state index is 12.4. The third-order valence-corrected chi connectivity index (χ3v) is 3.46. The zero-order valence-electron chi connectivity index (χ0n) is 11.2. The summed E-state index contributed by atoms with van der Waals surface area (Å²) in [5, 5.41) is 2.71. The maximum Gasteiger partial charge on any atom is 0.291 e. The fourth-order valence-electron chi connectivity index (χ4n) is 2.72. The molecular weight excluding hydrogens is 238 g/mol. The normalized spacial score (nSPS) is 11.1. The minimum Gasteiger partial charge on any atom is -0.413 e. The lowest BCUT2D eigenvalue weighted by Crippen LogP contribution is -2.25. The lowest BCUT2D eigenvalue weighted by Gasteiger charge is -2.14. The molecule has 3 rings (SSSR count). The van der Waals surface area contributed by atoms with Crippen LogP contribution in [0.2, 0.25) is 0 Å². The first kappa shape index (κ1) is 11.8. The average Bonchev–Trinajstić information content (AvgIpc) is 2.40. The number of aryl methyl sites for hydroxylation is 2. The van der Waals surface area contributed by atoms with Crippen LogP contribution in [0.15, 0.2) is 41.2 Å². The molecular formula is C16H15NO2. The van der Waals surface area contributed by atoms with Crippen LogP contribution >= 0.6 is 0 Å². The molecule has 0 atom stereocenters. The molecule has 3 heteroatoms. The molecule has 0 aliphatic rings. The molecule has 0 saturated heterocycles. The van der Waals surface area contributed by atoms with Gasteiger partial charge in [-0.25, -0.2) is 0 Å². The van der Waals surface area contributed by atoms with Gasteiger partial charge in [0, 0.05) is 5.39 Å². The summed E-state index contributed by atoms with van der Waals surface area (Å²) >= 11 is 0. The average molecular weight is 253 g/mol. The van der Waals surface area contributed by atoms with Crippen LogP contribution in [0.5, 0.6) is 0 Å². The van der Waals surface area contributed by atoms with E-state index in [1.165, 1.54) is 17.4 Å². The van der Waals surface area contributed by atoms with Crippen LogP contribution in [-0.2, 0) is 0 Å². The summed E-state index contributed by atoms with van der Waals surface area (Å²) in [6.07, 6.45) is 0. The van der Waals surface area contributed by atoms with E-state index in [9.17, 15) is 4.79 Å². The van der Waals surface area contributed by atoms with E-state index in [2.05, 4.69) is 19.1 Å². The van der Waals surface area contributed by atoms with Gasteiger partial charge in [0.2, 0.25) is 0 Å². The van der Waals surface area contributed by atoms with E-state index in [1.807, 2.05) is 31.2 Å². The lowest BCUT2D eigenvalue weighted by molar-refractivity contribution is 0.170. The van der Waals surface area contributed by atoms with Crippen molar-refractivity contribution in [1.82, 2.24) is 4.73 Å². The maximum absolute atomic E-state index is 12.4. The van der Waals surface area contributed by atoms with Gasteiger partial charge in [-0.05, 0) is 36.9 Å². The Balaban J connectivity index is 2.71. The van der Waals surface area contributed by atoms with Crippen molar-refractivity contribution < 1.29 is 4.84 Å². The van der Waals surface area contributed by atoms with Crippen molar-refractivity contribution in [2.45, 2.75) is 13.8 Å². The Morgan fingerprint density at radius 1 is 1.00 bits per heavy atom. The fraction of sp³-hybridized carbons (Fsp3) is 0.188. The number of fused-ring (bicyclic) bond motifs is 3. The van der Waals surface area contributed by atoms with Gasteiger partial charge in [0.25, 0.3) is 5.56 Å². The monoisotopic (exact) mass is 253 g/mol. The molecule has 2 aromatic carbocycles. The Bertz CT molecular complexity index is 847. The molecule has 96 valence electrons. The number of hydrogen-bond donors (Lipinski definition) is 0. The number of nitrogens with zero attached hydrogens (tertiary/aromatic N) is 1. The summed E-state index contributed by atoms with van der Waals surface area (Å²) in [6.45, 7) is 4.06. The van der Waals surface area contributed by atoms with Crippen molar-refractivity contribution in [2.24, 2.45) is 0 Å².